The molecule has 2 fully saturated rings. The van der Waals surface area contributed by atoms with Crippen LogP contribution in [0.1, 0.15) is 40.0 Å². The Bertz CT molecular complexity index is 527. The Morgan fingerprint density at radius 1 is 1.14 bits per heavy atom. The van der Waals surface area contributed by atoms with Crippen molar-refractivity contribution in [2.24, 2.45) is 17.8 Å². The first-order chi connectivity index (χ1) is 9.62. The number of fused-ring (bicyclic) bond motifs is 2. The van der Waals surface area contributed by atoms with Crippen LogP contribution in [0.15, 0.2) is 11.6 Å². The second-order valence-corrected chi connectivity index (χ2v) is 13.2. The molecule has 0 aromatic carbocycles. The molecule has 0 amide bonds. The van der Waals surface area contributed by atoms with Crippen LogP contribution >= 0.6 is 0 Å². The third-order valence-electron chi connectivity index (χ3n) is 5.97. The molecule has 3 aliphatic rings. The lowest BCUT2D eigenvalue weighted by Crippen LogP contribution is -2.44. The maximum Gasteiger partial charge on any atom is 0.192 e. The quantitative estimate of drug-likeness (QED) is 0.733. The van der Waals surface area contributed by atoms with Crippen molar-refractivity contribution in [1.82, 2.24) is 0 Å². The SMILES string of the molecule is CC(C)(C)[Si](C)(C)O[C@H]1CCC2C3C(=O)C=C(C1)C(=O)C23. The molecule has 116 valence electrons. The molecular formula is C17H26O3Si. The van der Waals surface area contributed by atoms with Gasteiger partial charge >= 0.3 is 0 Å². The summed E-state index contributed by atoms with van der Waals surface area (Å²) in [6.07, 6.45) is 4.31. The maximum absolute atomic E-state index is 12.4. The molecule has 4 heteroatoms. The zero-order valence-corrected chi connectivity index (χ0v) is 14.7. The van der Waals surface area contributed by atoms with Crippen LogP contribution < -0.4 is 0 Å². The topological polar surface area (TPSA) is 43.4 Å². The number of carbonyl (C=O) groups excluding carboxylic acids is 2. The molecule has 0 aromatic heterocycles. The fourth-order valence-electron chi connectivity index (χ4n) is 3.61. The summed E-state index contributed by atoms with van der Waals surface area (Å²) in [6, 6.07) is 0. The van der Waals surface area contributed by atoms with Gasteiger partial charge in [-0.3, -0.25) is 9.59 Å². The lowest BCUT2D eigenvalue weighted by atomic mass is 9.91. The van der Waals surface area contributed by atoms with Crippen LogP contribution in [0.5, 0.6) is 0 Å². The summed E-state index contributed by atoms with van der Waals surface area (Å²) in [5, 5.41) is 0.171. The van der Waals surface area contributed by atoms with Gasteiger partial charge in [0.1, 0.15) is 0 Å². The monoisotopic (exact) mass is 306 g/mol. The predicted molar refractivity (Wildman–Crippen MR) is 84.5 cm³/mol. The average molecular weight is 306 g/mol. The first-order valence-corrected chi connectivity index (χ1v) is 11.0. The molecule has 3 aliphatic carbocycles. The molecule has 0 saturated heterocycles. The Morgan fingerprint density at radius 2 is 1.81 bits per heavy atom. The smallest absolute Gasteiger partial charge is 0.192 e. The molecular weight excluding hydrogens is 280 g/mol. The molecule has 0 radical (unpaired) electrons. The van der Waals surface area contributed by atoms with Gasteiger partial charge in [-0.25, -0.2) is 0 Å². The van der Waals surface area contributed by atoms with Gasteiger partial charge in [-0.05, 0) is 43.0 Å². The van der Waals surface area contributed by atoms with Crippen molar-refractivity contribution in [2.45, 2.75) is 64.3 Å². The molecule has 2 bridgehead atoms. The Labute approximate surface area is 128 Å². The van der Waals surface area contributed by atoms with Crippen LogP contribution in [0.25, 0.3) is 0 Å². The Balaban J connectivity index is 1.79. The summed E-state index contributed by atoms with van der Waals surface area (Å²) in [4.78, 5) is 24.4. The van der Waals surface area contributed by atoms with E-state index in [2.05, 4.69) is 33.9 Å². The zero-order valence-electron chi connectivity index (χ0n) is 13.7. The Kier molecular flexibility index (Phi) is 3.34. The van der Waals surface area contributed by atoms with Gasteiger partial charge in [0.25, 0.3) is 0 Å². The molecule has 4 atom stereocenters. The molecule has 0 aliphatic heterocycles. The van der Waals surface area contributed by atoms with Crippen LogP contribution in [0.2, 0.25) is 18.1 Å². The molecule has 3 unspecified atom stereocenters. The van der Waals surface area contributed by atoms with E-state index in [9.17, 15) is 9.59 Å². The number of Topliss-reactive ketones (excluding diaryl/α,β-unsaturated/α-hetero) is 1. The van der Waals surface area contributed by atoms with Crippen LogP contribution in [0, 0.1) is 17.8 Å². The van der Waals surface area contributed by atoms with E-state index in [0.29, 0.717) is 12.3 Å². The van der Waals surface area contributed by atoms with Gasteiger partial charge in [-0.2, -0.15) is 0 Å². The minimum Gasteiger partial charge on any atom is -0.414 e. The first kappa shape index (κ1) is 15.2. The van der Waals surface area contributed by atoms with Gasteiger partial charge in [-0.1, -0.05) is 20.8 Å². The van der Waals surface area contributed by atoms with E-state index >= 15 is 0 Å². The predicted octanol–water partition coefficient (Wildman–Crippen LogP) is 3.50. The fraction of sp³-hybridized carbons (Fsp3) is 0.765. The largest absolute Gasteiger partial charge is 0.414 e. The Hall–Kier alpha value is -0.743. The second kappa shape index (κ2) is 4.62. The highest BCUT2D eigenvalue weighted by atomic mass is 28.4. The van der Waals surface area contributed by atoms with Crippen LogP contribution in [0.3, 0.4) is 0 Å². The van der Waals surface area contributed by atoms with Crippen molar-refractivity contribution < 1.29 is 14.0 Å². The van der Waals surface area contributed by atoms with Crippen LogP contribution in [-0.4, -0.2) is 26.0 Å². The number of hydrogen-bond donors (Lipinski definition) is 0. The highest BCUT2D eigenvalue weighted by molar-refractivity contribution is 6.74. The molecule has 0 spiro atoms. The molecule has 21 heavy (non-hydrogen) atoms. The van der Waals surface area contributed by atoms with Gasteiger partial charge in [0.05, 0.1) is 0 Å². The lowest BCUT2D eigenvalue weighted by Gasteiger charge is -2.40. The van der Waals surface area contributed by atoms with Crippen LogP contribution in [0.4, 0.5) is 0 Å². The summed E-state index contributed by atoms with van der Waals surface area (Å²) >= 11 is 0. The number of ketones is 2. The molecule has 0 heterocycles. The van der Waals surface area contributed by atoms with E-state index in [1.54, 1.807) is 6.08 Å². The lowest BCUT2D eigenvalue weighted by molar-refractivity contribution is -0.122. The van der Waals surface area contributed by atoms with Gasteiger partial charge in [-0.15, -0.1) is 0 Å². The molecule has 2 saturated carbocycles. The molecule has 3 nitrogen and oxygen atoms in total. The van der Waals surface area contributed by atoms with Gasteiger partial charge in [0, 0.05) is 29.9 Å². The minimum absolute atomic E-state index is 0.00729. The molecule has 3 rings (SSSR count). The number of carbonyl (C=O) groups is 2. The van der Waals surface area contributed by atoms with Gasteiger partial charge < -0.3 is 4.43 Å². The summed E-state index contributed by atoms with van der Waals surface area (Å²) in [7, 11) is -1.83. The van der Waals surface area contributed by atoms with E-state index in [0.717, 1.165) is 18.4 Å². The van der Waals surface area contributed by atoms with E-state index in [1.807, 2.05) is 0 Å². The first-order valence-electron chi connectivity index (χ1n) is 8.08. The van der Waals surface area contributed by atoms with Crippen molar-refractivity contribution >= 4 is 19.9 Å². The van der Waals surface area contributed by atoms with Crippen molar-refractivity contribution in [3.8, 4) is 0 Å². The van der Waals surface area contributed by atoms with E-state index in [4.69, 9.17) is 4.43 Å². The summed E-state index contributed by atoms with van der Waals surface area (Å²) < 4.78 is 6.51. The van der Waals surface area contributed by atoms with E-state index < -0.39 is 8.32 Å². The normalized spacial score (nSPS) is 36.0. The maximum atomic E-state index is 12.4. The van der Waals surface area contributed by atoms with Crippen molar-refractivity contribution in [3.05, 3.63) is 11.6 Å². The Morgan fingerprint density at radius 3 is 2.43 bits per heavy atom. The molecule has 0 N–H and O–H groups in total. The summed E-state index contributed by atoms with van der Waals surface area (Å²) in [6.45, 7) is 11.2. The zero-order chi connectivity index (χ0) is 15.6. The van der Waals surface area contributed by atoms with Crippen molar-refractivity contribution in [2.75, 3.05) is 0 Å². The van der Waals surface area contributed by atoms with E-state index in [-0.39, 0.29) is 34.5 Å². The third-order valence-corrected chi connectivity index (χ3v) is 10.5. The standard InChI is InChI=1S/C17H26O3Si/c1-17(2,3)21(4,5)20-11-6-7-12-14-13(18)9-10(8-11)16(19)15(12)14/h9,11-12,14-15H,6-8H2,1-5H3/t11-,12?,14?,15?/m0/s1. The van der Waals surface area contributed by atoms with E-state index in [1.165, 1.54) is 0 Å². The van der Waals surface area contributed by atoms with Crippen LogP contribution in [-0.2, 0) is 14.0 Å². The number of allylic oxidation sites excluding steroid dienone is 1. The van der Waals surface area contributed by atoms with Gasteiger partial charge in [0.15, 0.2) is 19.9 Å². The minimum atomic E-state index is -1.83. The highest BCUT2D eigenvalue weighted by Crippen LogP contribution is 2.56. The number of hydrogen-bond acceptors (Lipinski definition) is 3. The average Bonchev–Trinajstić information content (AvgIpc) is 3.04. The van der Waals surface area contributed by atoms with Crippen molar-refractivity contribution in [1.29, 1.82) is 0 Å². The highest BCUT2D eigenvalue weighted by Gasteiger charge is 2.60. The summed E-state index contributed by atoms with van der Waals surface area (Å²) in [5.41, 5.74) is 0.729. The van der Waals surface area contributed by atoms with Crippen molar-refractivity contribution in [3.63, 3.8) is 0 Å². The second-order valence-electron chi connectivity index (χ2n) is 8.43. The number of rotatable bonds is 2. The molecule has 0 aromatic rings. The van der Waals surface area contributed by atoms with Gasteiger partial charge in [0.2, 0.25) is 0 Å². The fourth-order valence-corrected chi connectivity index (χ4v) is 5.00. The summed E-state index contributed by atoms with van der Waals surface area (Å²) in [5.74, 6) is 0.740. The third kappa shape index (κ3) is 2.46.